The quantitative estimate of drug-likeness (QED) is 0.0944. The number of nitrogens with one attached hydrogen (secondary N) is 3. The molecule has 0 unspecified atom stereocenters. The lowest BCUT2D eigenvalue weighted by Crippen LogP contribution is -1.80. The SMILES string of the molecule is c1cc[nH]c1.c1ccc2[nH]ccc2c1.c1ccc2c(c1)[nH]c1ccccc12.c1ccc2c(c1)cnc1ccccc12.c1ccc2c(c1)oc1ccccc12.c1ccc2c(c1)sc1ccccc12.c1ccc2nc3ccccc3cc2c1.c1ccc2ncccc2c1.c1ccc2occc2c1.c1ccc2sccc2c1.c1ccncc1.c1ccoc1.c1ccsc1.c1ncncn1.c1nnco1.c1nncs1. The van der Waals surface area contributed by atoms with Crippen molar-refractivity contribution in [2.75, 3.05) is 0 Å². The van der Waals surface area contributed by atoms with Crippen LogP contribution in [0.2, 0.25) is 0 Å². The zero-order valence-electron chi connectivity index (χ0n) is 76.2. The average Bonchev–Trinajstić information content (AvgIpc) is 1.71. The minimum absolute atomic E-state index is 0.956. The molecular weight excluding hydrogens is 1820 g/mol. The molecule has 16 heterocycles. The van der Waals surface area contributed by atoms with Crippen LogP contribution < -0.4 is 0 Å². The minimum atomic E-state index is 0.956. The predicted octanol–water partition coefficient (Wildman–Crippen LogP) is 33.1. The third kappa shape index (κ3) is 30.7. The van der Waals surface area contributed by atoms with Crippen LogP contribution >= 0.6 is 45.3 Å². The van der Waals surface area contributed by atoms with Crippen molar-refractivity contribution in [3.05, 3.63) is 552 Å². The number of nitrogens with zero attached hydrogens (tertiary/aromatic N) is 11. The molecule has 0 saturated carbocycles. The van der Waals surface area contributed by atoms with Crippen molar-refractivity contribution in [2.45, 2.75) is 0 Å². The highest BCUT2D eigenvalue weighted by Crippen LogP contribution is 2.34. The number of para-hydroxylation sites is 10. The van der Waals surface area contributed by atoms with E-state index in [1.54, 1.807) is 64.9 Å². The normalized spacial score (nSPS) is 9.99. The molecule has 0 saturated heterocycles. The Bertz CT molecular complexity index is 7370. The summed E-state index contributed by atoms with van der Waals surface area (Å²) in [6.07, 6.45) is 24.7. The van der Waals surface area contributed by atoms with Crippen molar-refractivity contribution in [3.63, 3.8) is 0 Å². The summed E-state index contributed by atoms with van der Waals surface area (Å²) >= 11 is 6.85. The van der Waals surface area contributed by atoms with Gasteiger partial charge in [0.25, 0.3) is 0 Å². The van der Waals surface area contributed by atoms with E-state index in [-0.39, 0.29) is 0 Å². The number of furan rings is 3. The average molecular weight is 1910 g/mol. The number of H-pyrrole nitrogens is 3. The topological polar surface area (TPSA) is 242 Å². The van der Waals surface area contributed by atoms with Crippen LogP contribution in [0.15, 0.2) is 569 Å². The zero-order valence-corrected chi connectivity index (χ0v) is 79.5. The summed E-state index contributed by atoms with van der Waals surface area (Å²) in [5.41, 5.74) is 14.1. The second-order valence-corrected chi connectivity index (χ2v) is 33.3. The fraction of sp³-hybridized carbons (Fsp3) is 0. The highest BCUT2D eigenvalue weighted by molar-refractivity contribution is 7.25. The number of benzene rings is 14. The highest BCUT2D eigenvalue weighted by Gasteiger charge is 2.07. The molecule has 16 aromatic heterocycles. The number of pyridine rings is 4. The van der Waals surface area contributed by atoms with E-state index in [2.05, 4.69) is 303 Å². The number of hydrogen-bond acceptors (Lipinski definition) is 19. The molecule has 3 N–H and O–H groups in total. The largest absolute Gasteiger partial charge is 0.473 e. The van der Waals surface area contributed by atoms with Gasteiger partial charge in [0.2, 0.25) is 12.8 Å². The molecule has 0 bridgehead atoms. The Labute approximate surface area is 829 Å². The first-order valence-electron chi connectivity index (χ1n) is 44.7. The number of rotatable bonds is 0. The molecule has 141 heavy (non-hydrogen) atoms. The van der Waals surface area contributed by atoms with Crippen LogP contribution in [-0.2, 0) is 0 Å². The summed E-state index contributed by atoms with van der Waals surface area (Å²) in [7, 11) is 0. The molecule has 22 heteroatoms. The van der Waals surface area contributed by atoms with Gasteiger partial charge in [-0.3, -0.25) is 15.0 Å². The summed E-state index contributed by atoms with van der Waals surface area (Å²) in [5, 5.41) is 38.6. The van der Waals surface area contributed by atoms with Crippen LogP contribution in [0.5, 0.6) is 0 Å². The third-order valence-corrected chi connectivity index (χ3v) is 23.6. The first-order chi connectivity index (χ1) is 70.1. The fourth-order valence-electron chi connectivity index (χ4n) is 14.0. The summed E-state index contributed by atoms with van der Waals surface area (Å²) in [5.74, 6) is 0. The summed E-state index contributed by atoms with van der Waals surface area (Å²) in [6, 6.07) is 145. The van der Waals surface area contributed by atoms with Gasteiger partial charge in [-0.2, -0.15) is 11.3 Å². The first kappa shape index (κ1) is 97.4. The number of fused-ring (bicyclic) bond motifs is 18. The van der Waals surface area contributed by atoms with Gasteiger partial charge in [0.1, 0.15) is 46.8 Å². The number of hydrogen-bond donors (Lipinski definition) is 3. The molecule has 14 aromatic carbocycles. The van der Waals surface area contributed by atoms with Crippen LogP contribution in [0, 0.1) is 0 Å². The number of aromatic amines is 3. The van der Waals surface area contributed by atoms with Crippen molar-refractivity contribution >= 4 is 196 Å². The molecule has 18 nitrogen and oxygen atoms in total. The molecule has 0 fully saturated rings. The molecule has 688 valence electrons. The van der Waals surface area contributed by atoms with E-state index in [0.29, 0.717) is 0 Å². The first-order valence-corrected chi connectivity index (χ1v) is 48.3. The van der Waals surface area contributed by atoms with E-state index in [9.17, 15) is 0 Å². The molecule has 0 radical (unpaired) electrons. The van der Waals surface area contributed by atoms with Gasteiger partial charge in [-0.25, -0.2) is 19.9 Å². The third-order valence-electron chi connectivity index (χ3n) is 20.5. The molecule has 0 aliphatic carbocycles. The van der Waals surface area contributed by atoms with Gasteiger partial charge in [0.05, 0.1) is 40.9 Å². The Morgan fingerprint density at radius 1 is 0.255 bits per heavy atom. The van der Waals surface area contributed by atoms with E-state index >= 15 is 0 Å². The van der Waals surface area contributed by atoms with E-state index in [1.165, 1.54) is 149 Å². The van der Waals surface area contributed by atoms with Gasteiger partial charge in [-0.05, 0) is 178 Å². The minimum Gasteiger partial charge on any atom is -0.473 e. The molecule has 0 atom stereocenters. The van der Waals surface area contributed by atoms with Crippen LogP contribution in [0.1, 0.15) is 0 Å². The molecule has 0 aliphatic rings. The maximum atomic E-state index is 5.65. The summed E-state index contributed by atoms with van der Waals surface area (Å²) in [6.45, 7) is 0. The van der Waals surface area contributed by atoms with Crippen molar-refractivity contribution < 1.29 is 17.7 Å². The number of thiophene rings is 3. The van der Waals surface area contributed by atoms with Gasteiger partial charge < -0.3 is 32.6 Å². The molecule has 30 rings (SSSR count). The fourth-order valence-corrected chi connectivity index (χ4v) is 16.6. The predicted molar refractivity (Wildman–Crippen MR) is 588 cm³/mol. The Morgan fingerprint density at radius 3 is 1.22 bits per heavy atom. The molecule has 0 spiro atoms. The van der Waals surface area contributed by atoms with Gasteiger partial charge >= 0.3 is 0 Å². The lowest BCUT2D eigenvalue weighted by molar-refractivity contribution is 0.553. The van der Waals surface area contributed by atoms with Crippen LogP contribution in [0.3, 0.4) is 0 Å². The molecule has 0 aliphatic heterocycles. The van der Waals surface area contributed by atoms with E-state index in [0.717, 1.165) is 44.2 Å². The highest BCUT2D eigenvalue weighted by atomic mass is 32.1. The standard InChI is InChI=1S/2C13H9N.C12H9N.C12H8O.C12H8S.C9H7N.C8H7N.C8H6O.C8H6S.C5H5N.C4H5N.C4H4O.C4H4S.C3H3N3.C2H2N2O.C2H2N2S/c1-3-7-12-10(5-1)9-11-6-2-4-8-13(11)14-12;1-2-6-11-10(5-1)9-14-13-8-4-3-7-12(11)13;3*1-3-7-11-9(5-1)10-6-2-4-8-12(10)13-11;1-2-6-9-8(4-1)5-3-7-10-9;3*1-2-4-8-7(3-1)5-6-9-8;1-2-4-6-5-3-1;3*1-2-4-5-3-1;1-4-2-6-3-5-1;2*1-3-4-2-5-1/h2*1-9H;1-8,13H;2*1-8H;1-7H;1-6,9H;2*1-6H;1-5H;1-5H;2*1-4H;1-3H;2*1-2H. The molecule has 30 aromatic rings. The van der Waals surface area contributed by atoms with E-state index < -0.39 is 0 Å². The van der Waals surface area contributed by atoms with Gasteiger partial charge in [0.15, 0.2) is 0 Å². The summed E-state index contributed by atoms with van der Waals surface area (Å²) < 4.78 is 23.8. The van der Waals surface area contributed by atoms with Crippen molar-refractivity contribution in [2.24, 2.45) is 0 Å². The second-order valence-electron chi connectivity index (χ2n) is 29.8. The Morgan fingerprint density at radius 2 is 0.730 bits per heavy atom. The van der Waals surface area contributed by atoms with Crippen molar-refractivity contribution in [3.8, 4) is 0 Å². The smallest absolute Gasteiger partial charge is 0.203 e. The lowest BCUT2D eigenvalue weighted by Gasteiger charge is -2.01. The van der Waals surface area contributed by atoms with Gasteiger partial charge in [0, 0.05) is 139 Å². The Balaban J connectivity index is 0.000000115. The second kappa shape index (κ2) is 55.6. The monoisotopic (exact) mass is 1910 g/mol. The molecular formula is C119H94N14O4S4. The van der Waals surface area contributed by atoms with Gasteiger partial charge in [-0.1, -0.05) is 285 Å². The maximum absolute atomic E-state index is 5.65. The van der Waals surface area contributed by atoms with Crippen LogP contribution in [0.25, 0.3) is 150 Å². The van der Waals surface area contributed by atoms with Crippen LogP contribution in [0.4, 0.5) is 0 Å². The zero-order chi connectivity index (χ0) is 96.1. The molecule has 0 amide bonds. The number of aromatic nitrogens is 14. The maximum Gasteiger partial charge on any atom is 0.203 e. The Kier molecular flexibility index (Phi) is 38.4. The lowest BCUT2D eigenvalue weighted by atomic mass is 10.1. The van der Waals surface area contributed by atoms with Crippen molar-refractivity contribution in [1.29, 1.82) is 0 Å². The van der Waals surface area contributed by atoms with Crippen molar-refractivity contribution in [1.82, 2.24) is 70.2 Å². The summed E-state index contributed by atoms with van der Waals surface area (Å²) in [4.78, 5) is 37.0. The van der Waals surface area contributed by atoms with E-state index in [4.69, 9.17) is 8.83 Å². The van der Waals surface area contributed by atoms with Crippen LogP contribution in [-0.4, -0.2) is 70.2 Å². The van der Waals surface area contributed by atoms with E-state index in [1.807, 2.05) is 265 Å². The van der Waals surface area contributed by atoms with Gasteiger partial charge in [-0.15, -0.1) is 54.4 Å². The Hall–Kier alpha value is -18.2.